The summed E-state index contributed by atoms with van der Waals surface area (Å²) >= 11 is 0. The van der Waals surface area contributed by atoms with Gasteiger partial charge in [-0.25, -0.2) is 4.79 Å². The quantitative estimate of drug-likeness (QED) is 0.303. The highest BCUT2D eigenvalue weighted by Crippen LogP contribution is 2.43. The molecule has 0 bridgehead atoms. The first-order chi connectivity index (χ1) is 23.8. The number of aliphatic hydroxyl groups excluding tert-OH is 1. The lowest BCUT2D eigenvalue weighted by atomic mass is 9.73. The van der Waals surface area contributed by atoms with Crippen LogP contribution < -0.4 is 0 Å². The van der Waals surface area contributed by atoms with Crippen LogP contribution in [0.2, 0.25) is 0 Å². The number of esters is 1. The van der Waals surface area contributed by atoms with E-state index in [1.807, 2.05) is 46.7 Å². The van der Waals surface area contributed by atoms with Crippen LogP contribution in [0.4, 0.5) is 4.79 Å². The molecule has 4 heterocycles. The molecule has 0 aliphatic carbocycles. The zero-order valence-electron chi connectivity index (χ0n) is 33.0. The van der Waals surface area contributed by atoms with Gasteiger partial charge < -0.3 is 43.5 Å². The number of cyclic esters (lactones) is 1. The molecule has 0 radical (unpaired) electrons. The van der Waals surface area contributed by atoms with E-state index in [1.165, 1.54) is 14.0 Å². The number of methoxy groups -OCH3 is 1. The van der Waals surface area contributed by atoms with E-state index in [4.69, 9.17) is 23.7 Å². The topological polar surface area (TPSA) is 144 Å². The summed E-state index contributed by atoms with van der Waals surface area (Å²) in [5.74, 6) is -4.49. The molecule has 13 heteroatoms. The molecule has 1 amide bonds. The molecule has 0 unspecified atom stereocenters. The highest BCUT2D eigenvalue weighted by molar-refractivity contribution is 6.00. The average Bonchev–Trinajstić information content (AvgIpc) is 3.34. The zero-order chi connectivity index (χ0) is 38.2. The van der Waals surface area contributed by atoms with Crippen molar-refractivity contribution < 1.29 is 48.0 Å². The van der Waals surface area contributed by atoms with Crippen LogP contribution in [0, 0.1) is 29.6 Å². The second-order valence-corrected chi connectivity index (χ2v) is 16.6. The number of carbonyl (C=O) groups is 4. The number of hydrogen-bond acceptors (Lipinski definition) is 12. The first-order valence-corrected chi connectivity index (χ1v) is 19.0. The van der Waals surface area contributed by atoms with E-state index in [-0.39, 0.29) is 30.3 Å². The molecule has 1 N–H and O–H groups in total. The van der Waals surface area contributed by atoms with Gasteiger partial charge in [-0.15, -0.1) is 0 Å². The average molecular weight is 724 g/mol. The first kappa shape index (κ1) is 41.6. The third kappa shape index (κ3) is 8.49. The molecule has 0 saturated carbocycles. The summed E-state index contributed by atoms with van der Waals surface area (Å²) in [6, 6.07) is -0.984. The minimum Gasteiger partial charge on any atom is -0.458 e. The molecule has 0 aromatic heterocycles. The predicted octanol–water partition coefficient (Wildman–Crippen LogP) is 3.53. The number of ketones is 2. The Morgan fingerprint density at radius 2 is 1.61 bits per heavy atom. The molecule has 51 heavy (non-hydrogen) atoms. The molecule has 4 aliphatic rings. The lowest BCUT2D eigenvalue weighted by Crippen LogP contribution is -2.60. The molecule has 4 aliphatic heterocycles. The first-order valence-electron chi connectivity index (χ1n) is 19.0. The van der Waals surface area contributed by atoms with Gasteiger partial charge in [-0.05, 0) is 99.9 Å². The van der Waals surface area contributed by atoms with E-state index in [9.17, 15) is 24.3 Å². The number of rotatable bonds is 7. The van der Waals surface area contributed by atoms with Crippen LogP contribution in [-0.2, 0) is 38.1 Å². The summed E-state index contributed by atoms with van der Waals surface area (Å²) in [5, 5.41) is 11.4. The molecule has 0 spiro atoms. The molecule has 13 atom stereocenters. The normalized spacial score (nSPS) is 42.8. The van der Waals surface area contributed by atoms with Crippen LogP contribution in [-0.4, -0.2) is 145 Å². The standard InChI is InChI=1S/C38H65N3O10/c1-13-28-38(8)32(41(36(46)51-38)20-26-14-16-40(11)17-15-26)23(4)29(42)21(2)19-37(7,47-12)33(24(5)30(43)25(6)34(45)49-28)50-35-31(44)27(39(9)10)18-22(3)48-35/h21-28,31-33,35,44H,13-20H2,1-12H3/t21-,22-,23+,24+,25-,27+,28-,31-,32-,33-,35+,37-,38-/m1/s1. The van der Waals surface area contributed by atoms with Crippen LogP contribution in [0.1, 0.15) is 87.5 Å². The maximum Gasteiger partial charge on any atom is 0.410 e. The Bertz CT molecular complexity index is 1260. The van der Waals surface area contributed by atoms with Crippen LogP contribution >= 0.6 is 0 Å². The van der Waals surface area contributed by atoms with E-state index in [2.05, 4.69) is 11.9 Å². The number of Topliss-reactive ketones (excluding diaryl/α,β-unsaturated/α-hetero) is 2. The molecule has 0 aromatic carbocycles. The van der Waals surface area contributed by atoms with Gasteiger partial charge in [0.05, 0.1) is 23.9 Å². The van der Waals surface area contributed by atoms with Gasteiger partial charge in [-0.3, -0.25) is 14.4 Å². The maximum absolute atomic E-state index is 14.6. The van der Waals surface area contributed by atoms with Gasteiger partial charge in [0.15, 0.2) is 17.7 Å². The van der Waals surface area contributed by atoms with Crippen molar-refractivity contribution in [3.8, 4) is 0 Å². The molecular weight excluding hydrogens is 658 g/mol. The summed E-state index contributed by atoms with van der Waals surface area (Å²) in [6.07, 6.45) is -1.96. The van der Waals surface area contributed by atoms with Crippen molar-refractivity contribution in [2.75, 3.05) is 47.9 Å². The fourth-order valence-corrected chi connectivity index (χ4v) is 9.19. The van der Waals surface area contributed by atoms with Gasteiger partial charge in [-0.1, -0.05) is 27.7 Å². The Morgan fingerprint density at radius 1 is 0.980 bits per heavy atom. The summed E-state index contributed by atoms with van der Waals surface area (Å²) < 4.78 is 31.2. The zero-order valence-corrected chi connectivity index (χ0v) is 33.0. The van der Waals surface area contributed by atoms with E-state index in [0.717, 1.165) is 25.9 Å². The van der Waals surface area contributed by atoms with Gasteiger partial charge in [0, 0.05) is 37.5 Å². The number of nitrogens with zero attached hydrogens (tertiary/aromatic N) is 3. The lowest BCUT2D eigenvalue weighted by Gasteiger charge is -2.47. The third-order valence-corrected chi connectivity index (χ3v) is 12.5. The summed E-state index contributed by atoms with van der Waals surface area (Å²) in [6.45, 7) is 16.4. The monoisotopic (exact) mass is 723 g/mol. The number of likely N-dealkylation sites (N-methyl/N-ethyl adjacent to an activating group) is 1. The third-order valence-electron chi connectivity index (χ3n) is 12.5. The molecular formula is C38H65N3O10. The maximum atomic E-state index is 14.6. The van der Waals surface area contributed by atoms with Gasteiger partial charge >= 0.3 is 12.1 Å². The Labute approximate surface area is 305 Å². The summed E-state index contributed by atoms with van der Waals surface area (Å²) in [4.78, 5) is 62.4. The summed E-state index contributed by atoms with van der Waals surface area (Å²) in [5.41, 5.74) is -2.58. The molecule has 4 rings (SSSR count). The number of piperidine rings is 1. The largest absolute Gasteiger partial charge is 0.458 e. The number of ether oxygens (including phenoxy) is 5. The van der Waals surface area contributed by atoms with Gasteiger partial charge in [0.25, 0.3) is 0 Å². The van der Waals surface area contributed by atoms with Crippen molar-refractivity contribution >= 4 is 23.6 Å². The molecule has 4 saturated heterocycles. The van der Waals surface area contributed by atoms with E-state index in [1.54, 1.807) is 25.7 Å². The van der Waals surface area contributed by atoms with Gasteiger partial charge in [0.1, 0.15) is 23.9 Å². The number of fused-ring (bicyclic) bond motifs is 1. The highest BCUT2D eigenvalue weighted by Gasteiger charge is 2.60. The van der Waals surface area contributed by atoms with E-state index in [0.29, 0.717) is 19.4 Å². The van der Waals surface area contributed by atoms with E-state index >= 15 is 0 Å². The summed E-state index contributed by atoms with van der Waals surface area (Å²) in [7, 11) is 7.35. The number of likely N-dealkylation sites (tertiary alicyclic amines) is 1. The Morgan fingerprint density at radius 3 is 2.18 bits per heavy atom. The van der Waals surface area contributed by atoms with Crippen molar-refractivity contribution in [3.05, 3.63) is 0 Å². The van der Waals surface area contributed by atoms with Crippen LogP contribution in [0.5, 0.6) is 0 Å². The molecule has 4 fully saturated rings. The Kier molecular flexibility index (Phi) is 13.4. The van der Waals surface area contributed by atoms with Crippen molar-refractivity contribution in [2.24, 2.45) is 29.6 Å². The Balaban J connectivity index is 1.76. The van der Waals surface area contributed by atoms with Gasteiger partial charge in [-0.2, -0.15) is 0 Å². The van der Waals surface area contributed by atoms with Crippen molar-refractivity contribution in [3.63, 3.8) is 0 Å². The van der Waals surface area contributed by atoms with Gasteiger partial charge in [0.2, 0.25) is 0 Å². The van der Waals surface area contributed by atoms with Crippen molar-refractivity contribution in [1.29, 1.82) is 0 Å². The minimum absolute atomic E-state index is 0.110. The predicted molar refractivity (Wildman–Crippen MR) is 190 cm³/mol. The Hall–Kier alpha value is -2.16. The second-order valence-electron chi connectivity index (χ2n) is 16.6. The minimum atomic E-state index is -1.34. The van der Waals surface area contributed by atoms with Crippen molar-refractivity contribution in [1.82, 2.24) is 14.7 Å². The number of carbonyl (C=O) groups excluding carboxylic acids is 4. The number of hydrogen-bond donors (Lipinski definition) is 1. The number of aliphatic hydroxyl groups is 1. The molecule has 0 aromatic rings. The lowest BCUT2D eigenvalue weighted by molar-refractivity contribution is -0.295. The van der Waals surface area contributed by atoms with E-state index < -0.39 is 83.4 Å². The van der Waals surface area contributed by atoms with Crippen LogP contribution in [0.15, 0.2) is 0 Å². The van der Waals surface area contributed by atoms with Crippen molar-refractivity contribution in [2.45, 2.75) is 141 Å². The van der Waals surface area contributed by atoms with Crippen LogP contribution in [0.3, 0.4) is 0 Å². The fourth-order valence-electron chi connectivity index (χ4n) is 9.19. The molecule has 292 valence electrons. The second kappa shape index (κ2) is 16.5. The SMILES string of the molecule is CC[C@H]1OC(=O)[C@H](C)C(=O)[C@H](C)[C@@H](O[C@@H]2O[C@H](C)C[C@H](N(C)C)[C@H]2O)[C@](C)(OC)C[C@@H](C)C(=O)[C@H](C)[C@H]2N(CC3CCN(C)CC3)C(=O)O[C@]12C. The van der Waals surface area contributed by atoms with Crippen LogP contribution in [0.25, 0.3) is 0 Å². The number of amides is 1. The highest BCUT2D eigenvalue weighted by atomic mass is 16.7. The smallest absolute Gasteiger partial charge is 0.410 e. The fraction of sp³-hybridized carbons (Fsp3) is 0.895. The molecule has 13 nitrogen and oxygen atoms in total.